The van der Waals surface area contributed by atoms with E-state index in [1.807, 2.05) is 24.3 Å². The molecule has 1 aliphatic rings. The van der Waals surface area contributed by atoms with Crippen LogP contribution in [0.2, 0.25) is 0 Å². The zero-order chi connectivity index (χ0) is 21.6. The maximum absolute atomic E-state index is 12.8. The Balaban J connectivity index is 1.40. The number of nitrogens with one attached hydrogen (secondary N) is 1. The molecule has 1 N–H and O–H groups in total. The van der Waals surface area contributed by atoms with Crippen molar-refractivity contribution in [2.75, 3.05) is 17.7 Å². The van der Waals surface area contributed by atoms with E-state index in [4.69, 9.17) is 4.42 Å². The summed E-state index contributed by atoms with van der Waals surface area (Å²) in [4.78, 5) is 31.7. The van der Waals surface area contributed by atoms with E-state index in [0.29, 0.717) is 17.0 Å². The van der Waals surface area contributed by atoms with Gasteiger partial charge in [-0.15, -0.1) is 0 Å². The van der Waals surface area contributed by atoms with Gasteiger partial charge < -0.3 is 14.6 Å². The molecule has 3 aromatic rings. The number of rotatable bonds is 6. The number of thioether (sulfide) groups is 2. The second-order valence-corrected chi connectivity index (χ2v) is 9.00. The molecule has 0 bridgehead atoms. The van der Waals surface area contributed by atoms with Gasteiger partial charge in [0.15, 0.2) is 0 Å². The van der Waals surface area contributed by atoms with Crippen LogP contribution in [0, 0.1) is 0 Å². The Labute approximate surface area is 189 Å². The number of fused-ring (bicyclic) bond motifs is 1. The summed E-state index contributed by atoms with van der Waals surface area (Å²) < 4.78 is 6.13. The number of hydrogen-bond acceptors (Lipinski definition) is 6. The zero-order valence-electron chi connectivity index (χ0n) is 16.9. The van der Waals surface area contributed by atoms with E-state index in [1.54, 1.807) is 55.4 Å². The van der Waals surface area contributed by atoms with Crippen LogP contribution in [-0.4, -0.2) is 29.0 Å². The van der Waals surface area contributed by atoms with Crippen molar-refractivity contribution in [1.29, 1.82) is 0 Å². The van der Waals surface area contributed by atoms with E-state index >= 15 is 0 Å². The standard InChI is InChI=1S/C23H21N3O3S2/c1-26(21(27)15-31-23-25-19-10-4-2-7-16(19)14-30-23)20-11-5-3-9-18(20)22(28)24-13-17-8-6-12-29-17/h2-12H,13-15H2,1H3,(H,24,28). The molecule has 2 heterocycles. The van der Waals surface area contributed by atoms with Crippen molar-refractivity contribution in [3.8, 4) is 0 Å². The van der Waals surface area contributed by atoms with Crippen molar-refractivity contribution in [1.82, 2.24) is 5.32 Å². The second kappa shape index (κ2) is 9.89. The summed E-state index contributed by atoms with van der Waals surface area (Å²) >= 11 is 3.06. The quantitative estimate of drug-likeness (QED) is 0.580. The van der Waals surface area contributed by atoms with Gasteiger partial charge in [0.2, 0.25) is 5.91 Å². The third-order valence-electron chi connectivity index (χ3n) is 4.76. The van der Waals surface area contributed by atoms with Crippen LogP contribution in [0.3, 0.4) is 0 Å². The Bertz CT molecular complexity index is 1110. The molecule has 0 atom stereocenters. The van der Waals surface area contributed by atoms with Crippen LogP contribution >= 0.6 is 23.5 Å². The highest BCUT2D eigenvalue weighted by atomic mass is 32.2. The fraction of sp³-hybridized carbons (Fsp3) is 0.174. The van der Waals surface area contributed by atoms with Crippen LogP contribution in [0.15, 0.2) is 76.3 Å². The molecule has 0 saturated heterocycles. The van der Waals surface area contributed by atoms with E-state index in [1.165, 1.54) is 22.2 Å². The number of carbonyl (C=O) groups excluding carboxylic acids is 2. The topological polar surface area (TPSA) is 74.9 Å². The van der Waals surface area contributed by atoms with Gasteiger partial charge in [0, 0.05) is 12.8 Å². The smallest absolute Gasteiger partial charge is 0.253 e. The Hall–Kier alpha value is -2.97. The van der Waals surface area contributed by atoms with Crippen molar-refractivity contribution in [3.63, 3.8) is 0 Å². The van der Waals surface area contributed by atoms with E-state index in [9.17, 15) is 9.59 Å². The van der Waals surface area contributed by atoms with Gasteiger partial charge in [-0.3, -0.25) is 9.59 Å². The third kappa shape index (κ3) is 5.21. The highest BCUT2D eigenvalue weighted by Crippen LogP contribution is 2.34. The predicted octanol–water partition coefficient (Wildman–Crippen LogP) is 4.84. The number of anilines is 1. The first-order chi connectivity index (χ1) is 15.1. The van der Waals surface area contributed by atoms with Crippen molar-refractivity contribution in [2.24, 2.45) is 4.99 Å². The maximum Gasteiger partial charge on any atom is 0.253 e. The molecule has 0 saturated carbocycles. The molecule has 2 amide bonds. The molecule has 0 fully saturated rings. The normalized spacial score (nSPS) is 12.6. The number of para-hydroxylation sites is 2. The van der Waals surface area contributed by atoms with Crippen LogP contribution in [0.5, 0.6) is 0 Å². The fourth-order valence-corrected chi connectivity index (χ4v) is 5.05. The first kappa shape index (κ1) is 21.3. The minimum Gasteiger partial charge on any atom is -0.467 e. The lowest BCUT2D eigenvalue weighted by atomic mass is 10.1. The molecule has 1 aromatic heterocycles. The number of nitrogens with zero attached hydrogens (tertiary/aromatic N) is 2. The summed E-state index contributed by atoms with van der Waals surface area (Å²) in [5.41, 5.74) is 3.17. The molecule has 4 rings (SSSR count). The number of carbonyl (C=O) groups is 2. The Morgan fingerprint density at radius 3 is 2.77 bits per heavy atom. The van der Waals surface area contributed by atoms with Gasteiger partial charge in [-0.05, 0) is 35.9 Å². The van der Waals surface area contributed by atoms with Crippen LogP contribution < -0.4 is 10.2 Å². The van der Waals surface area contributed by atoms with Crippen LogP contribution in [0.4, 0.5) is 11.4 Å². The summed E-state index contributed by atoms with van der Waals surface area (Å²) in [7, 11) is 1.69. The Kier molecular flexibility index (Phi) is 6.79. The van der Waals surface area contributed by atoms with Gasteiger partial charge in [-0.25, -0.2) is 4.99 Å². The highest BCUT2D eigenvalue weighted by Gasteiger charge is 2.20. The van der Waals surface area contributed by atoms with E-state index in [0.717, 1.165) is 15.8 Å². The summed E-state index contributed by atoms with van der Waals surface area (Å²) in [5.74, 6) is 1.40. The molecule has 0 aliphatic carbocycles. The van der Waals surface area contributed by atoms with Gasteiger partial charge in [0.25, 0.3) is 5.91 Å². The molecule has 0 spiro atoms. The Morgan fingerprint density at radius 1 is 1.13 bits per heavy atom. The highest BCUT2D eigenvalue weighted by molar-refractivity contribution is 8.38. The molecule has 0 radical (unpaired) electrons. The number of amides is 2. The SMILES string of the molecule is CN(C(=O)CSC1=Nc2ccccc2CS1)c1ccccc1C(=O)NCc1ccco1. The molecule has 158 valence electrons. The lowest BCUT2D eigenvalue weighted by Crippen LogP contribution is -2.31. The molecule has 6 nitrogen and oxygen atoms in total. The van der Waals surface area contributed by atoms with Crippen molar-refractivity contribution in [3.05, 3.63) is 83.8 Å². The van der Waals surface area contributed by atoms with Gasteiger partial charge in [0.05, 0.1) is 35.5 Å². The third-order valence-corrected chi connectivity index (χ3v) is 6.99. The number of aliphatic imine (C=N–C) groups is 1. The average molecular weight is 452 g/mol. The molecule has 1 aliphatic heterocycles. The van der Waals surface area contributed by atoms with Crippen molar-refractivity contribution >= 4 is 51.1 Å². The van der Waals surface area contributed by atoms with E-state index in [-0.39, 0.29) is 24.1 Å². The van der Waals surface area contributed by atoms with Gasteiger partial charge in [-0.2, -0.15) is 0 Å². The molecular weight excluding hydrogens is 430 g/mol. The monoisotopic (exact) mass is 451 g/mol. The maximum atomic E-state index is 12.8. The largest absolute Gasteiger partial charge is 0.467 e. The summed E-state index contributed by atoms with van der Waals surface area (Å²) in [5, 5.41) is 2.83. The molecule has 31 heavy (non-hydrogen) atoms. The first-order valence-electron chi connectivity index (χ1n) is 9.70. The molecule has 2 aromatic carbocycles. The van der Waals surface area contributed by atoms with Crippen LogP contribution in [0.25, 0.3) is 0 Å². The predicted molar refractivity (Wildman–Crippen MR) is 127 cm³/mol. The van der Waals surface area contributed by atoms with E-state index in [2.05, 4.69) is 16.4 Å². The molecule has 0 unspecified atom stereocenters. The summed E-state index contributed by atoms with van der Waals surface area (Å²) in [6.45, 7) is 0.284. The first-order valence-corrected chi connectivity index (χ1v) is 11.7. The van der Waals surface area contributed by atoms with Gasteiger partial charge in [0.1, 0.15) is 10.1 Å². The fourth-order valence-electron chi connectivity index (χ4n) is 3.07. The minimum atomic E-state index is -0.261. The van der Waals surface area contributed by atoms with Crippen molar-refractivity contribution < 1.29 is 14.0 Å². The number of hydrogen-bond donors (Lipinski definition) is 1. The van der Waals surface area contributed by atoms with Crippen LogP contribution in [-0.2, 0) is 17.1 Å². The lowest BCUT2D eigenvalue weighted by Gasteiger charge is -2.21. The number of furan rings is 1. The van der Waals surface area contributed by atoms with Gasteiger partial charge >= 0.3 is 0 Å². The average Bonchev–Trinajstić information content (AvgIpc) is 3.34. The number of benzene rings is 2. The van der Waals surface area contributed by atoms with Gasteiger partial charge in [-0.1, -0.05) is 53.9 Å². The Morgan fingerprint density at radius 2 is 1.94 bits per heavy atom. The molecular formula is C23H21N3O3S2. The molecule has 8 heteroatoms. The van der Waals surface area contributed by atoms with E-state index < -0.39 is 0 Å². The zero-order valence-corrected chi connectivity index (χ0v) is 18.5. The van der Waals surface area contributed by atoms with Crippen LogP contribution in [0.1, 0.15) is 21.7 Å². The summed E-state index contributed by atoms with van der Waals surface area (Å²) in [6.07, 6.45) is 1.56. The minimum absolute atomic E-state index is 0.0987. The van der Waals surface area contributed by atoms with Crippen molar-refractivity contribution in [2.45, 2.75) is 12.3 Å². The lowest BCUT2D eigenvalue weighted by molar-refractivity contribution is -0.115. The second-order valence-electron chi connectivity index (χ2n) is 6.82. The summed E-state index contributed by atoms with van der Waals surface area (Å²) in [6, 6.07) is 18.7.